The van der Waals surface area contributed by atoms with E-state index in [0.717, 1.165) is 5.56 Å². The van der Waals surface area contributed by atoms with Crippen LogP contribution in [0.5, 0.6) is 0 Å². The van der Waals surface area contributed by atoms with Crippen LogP contribution in [-0.4, -0.2) is 67.9 Å². The van der Waals surface area contributed by atoms with Crippen molar-refractivity contribution in [1.82, 2.24) is 20.0 Å². The summed E-state index contributed by atoms with van der Waals surface area (Å²) in [6.45, 7) is 0.375. The molecule has 1 fully saturated rings. The molecule has 19 heavy (non-hydrogen) atoms. The molecule has 1 saturated heterocycles. The summed E-state index contributed by atoms with van der Waals surface area (Å²) in [5.41, 5.74) is 0.822. The molecular formula is C11H16N4O4. The number of aliphatic carboxylic acids is 1. The molecule has 0 radical (unpaired) electrons. The average molecular weight is 268 g/mol. The van der Waals surface area contributed by atoms with Crippen LogP contribution in [0.15, 0.2) is 12.4 Å². The zero-order chi connectivity index (χ0) is 14.0. The standard InChI is InChI=1S/C11H16N4O4/c1-14(5-7-3-12-13-4-7)11(19)15-6-8(16)2-9(15)10(17)18/h3-4,8-9,16H,2,5-6H2,1H3,(H,12,13)(H,17,18). The summed E-state index contributed by atoms with van der Waals surface area (Å²) in [6.07, 6.45) is 2.54. The lowest BCUT2D eigenvalue weighted by Gasteiger charge is -2.27. The van der Waals surface area contributed by atoms with Gasteiger partial charge in [-0.15, -0.1) is 0 Å². The molecule has 3 N–H and O–H groups in total. The van der Waals surface area contributed by atoms with E-state index in [1.807, 2.05) is 0 Å². The van der Waals surface area contributed by atoms with Gasteiger partial charge in [0.05, 0.1) is 18.8 Å². The Morgan fingerprint density at radius 2 is 2.37 bits per heavy atom. The second-order valence-corrected chi connectivity index (χ2v) is 4.64. The van der Waals surface area contributed by atoms with Crippen molar-refractivity contribution in [3.63, 3.8) is 0 Å². The molecule has 2 unspecified atom stereocenters. The third-order valence-electron chi connectivity index (χ3n) is 3.11. The molecule has 1 aromatic heterocycles. The minimum absolute atomic E-state index is 0.0471. The summed E-state index contributed by atoms with van der Waals surface area (Å²) in [7, 11) is 1.58. The Labute approximate surface area is 109 Å². The number of carboxylic acid groups (broad SMARTS) is 1. The molecule has 0 bridgehead atoms. The van der Waals surface area contributed by atoms with Crippen LogP contribution in [0, 0.1) is 0 Å². The molecule has 8 nitrogen and oxygen atoms in total. The zero-order valence-corrected chi connectivity index (χ0v) is 10.5. The van der Waals surface area contributed by atoms with Gasteiger partial charge in [-0.25, -0.2) is 9.59 Å². The molecule has 0 saturated carbocycles. The Hall–Kier alpha value is -2.09. The molecule has 2 rings (SSSR count). The van der Waals surface area contributed by atoms with Crippen molar-refractivity contribution in [2.75, 3.05) is 13.6 Å². The first-order chi connectivity index (χ1) is 8.99. The van der Waals surface area contributed by atoms with E-state index in [4.69, 9.17) is 5.11 Å². The SMILES string of the molecule is CN(Cc1cn[nH]c1)C(=O)N1CC(O)CC1C(=O)O. The maximum Gasteiger partial charge on any atom is 0.326 e. The van der Waals surface area contributed by atoms with Crippen LogP contribution in [0.25, 0.3) is 0 Å². The number of β-amino-alcohol motifs (C(OH)–C–C–N with tert-alkyl or cyclic N) is 1. The number of likely N-dealkylation sites (tertiary alicyclic amines) is 1. The number of carbonyl (C=O) groups excluding carboxylic acids is 1. The van der Waals surface area contributed by atoms with Crippen molar-refractivity contribution < 1.29 is 19.8 Å². The van der Waals surface area contributed by atoms with E-state index >= 15 is 0 Å². The normalized spacial score (nSPS) is 22.5. The van der Waals surface area contributed by atoms with Crippen molar-refractivity contribution in [1.29, 1.82) is 0 Å². The largest absolute Gasteiger partial charge is 0.480 e. The number of hydrogen-bond donors (Lipinski definition) is 3. The fourth-order valence-corrected chi connectivity index (χ4v) is 2.18. The molecule has 2 heterocycles. The first-order valence-corrected chi connectivity index (χ1v) is 5.89. The maximum atomic E-state index is 12.2. The molecule has 1 aliphatic rings. The number of nitrogens with zero attached hydrogens (tertiary/aromatic N) is 3. The summed E-state index contributed by atoms with van der Waals surface area (Å²) < 4.78 is 0. The lowest BCUT2D eigenvalue weighted by atomic mass is 10.2. The van der Waals surface area contributed by atoms with Crippen LogP contribution in [0.1, 0.15) is 12.0 Å². The number of aliphatic hydroxyl groups is 1. The number of carboxylic acids is 1. The van der Waals surface area contributed by atoms with Crippen molar-refractivity contribution >= 4 is 12.0 Å². The summed E-state index contributed by atoms with van der Waals surface area (Å²) >= 11 is 0. The number of rotatable bonds is 3. The van der Waals surface area contributed by atoms with Crippen molar-refractivity contribution in [3.8, 4) is 0 Å². The van der Waals surface area contributed by atoms with E-state index in [1.54, 1.807) is 19.4 Å². The van der Waals surface area contributed by atoms with E-state index in [2.05, 4.69) is 10.2 Å². The third-order valence-corrected chi connectivity index (χ3v) is 3.11. The van der Waals surface area contributed by atoms with Gasteiger partial charge in [0.1, 0.15) is 6.04 Å². The van der Waals surface area contributed by atoms with Gasteiger partial charge in [-0.2, -0.15) is 5.10 Å². The van der Waals surface area contributed by atoms with Gasteiger partial charge in [-0.05, 0) is 0 Å². The lowest BCUT2D eigenvalue weighted by molar-refractivity contribution is -0.141. The lowest BCUT2D eigenvalue weighted by Crippen LogP contribution is -2.46. The number of amides is 2. The minimum atomic E-state index is -1.10. The van der Waals surface area contributed by atoms with E-state index in [0.29, 0.717) is 6.54 Å². The topological polar surface area (TPSA) is 110 Å². The van der Waals surface area contributed by atoms with Crippen LogP contribution in [0.2, 0.25) is 0 Å². The van der Waals surface area contributed by atoms with Gasteiger partial charge >= 0.3 is 12.0 Å². The van der Waals surface area contributed by atoms with Crippen molar-refractivity contribution in [2.24, 2.45) is 0 Å². The fourth-order valence-electron chi connectivity index (χ4n) is 2.18. The van der Waals surface area contributed by atoms with Gasteiger partial charge in [0.2, 0.25) is 0 Å². The van der Waals surface area contributed by atoms with Gasteiger partial charge < -0.3 is 20.0 Å². The first kappa shape index (κ1) is 13.3. The number of H-pyrrole nitrogens is 1. The Morgan fingerprint density at radius 1 is 1.63 bits per heavy atom. The number of hydrogen-bond acceptors (Lipinski definition) is 4. The molecule has 2 amide bonds. The number of nitrogens with one attached hydrogen (secondary N) is 1. The number of aromatic amines is 1. The Kier molecular flexibility index (Phi) is 3.70. The monoisotopic (exact) mass is 268 g/mol. The van der Waals surface area contributed by atoms with Crippen LogP contribution >= 0.6 is 0 Å². The van der Waals surface area contributed by atoms with Gasteiger partial charge in [0.15, 0.2) is 0 Å². The smallest absolute Gasteiger partial charge is 0.326 e. The molecular weight excluding hydrogens is 252 g/mol. The van der Waals surface area contributed by atoms with Crippen LogP contribution < -0.4 is 0 Å². The summed E-state index contributed by atoms with van der Waals surface area (Å²) in [6, 6.07) is -1.38. The molecule has 1 aliphatic heterocycles. The van der Waals surface area contributed by atoms with Crippen LogP contribution in [0.4, 0.5) is 4.79 Å². The number of carbonyl (C=O) groups is 2. The minimum Gasteiger partial charge on any atom is -0.480 e. The summed E-state index contributed by atoms with van der Waals surface area (Å²) in [5.74, 6) is -1.10. The second kappa shape index (κ2) is 5.27. The Balaban J connectivity index is 2.03. The van der Waals surface area contributed by atoms with Crippen LogP contribution in [-0.2, 0) is 11.3 Å². The highest BCUT2D eigenvalue weighted by Crippen LogP contribution is 2.20. The van der Waals surface area contributed by atoms with Crippen molar-refractivity contribution in [2.45, 2.75) is 25.1 Å². The molecule has 0 aliphatic carbocycles. The van der Waals surface area contributed by atoms with Crippen molar-refractivity contribution in [3.05, 3.63) is 18.0 Å². The molecule has 0 spiro atoms. The number of urea groups is 1. The van der Waals surface area contributed by atoms with E-state index < -0.39 is 24.1 Å². The molecule has 2 atom stereocenters. The molecule has 8 heteroatoms. The van der Waals surface area contributed by atoms with Crippen LogP contribution in [0.3, 0.4) is 0 Å². The zero-order valence-electron chi connectivity index (χ0n) is 10.5. The first-order valence-electron chi connectivity index (χ1n) is 5.89. The predicted molar refractivity (Wildman–Crippen MR) is 64.2 cm³/mol. The molecule has 1 aromatic rings. The van der Waals surface area contributed by atoms with E-state index in [1.165, 1.54) is 9.80 Å². The molecule has 104 valence electrons. The predicted octanol–water partition coefficient (Wildman–Crippen LogP) is -0.519. The second-order valence-electron chi connectivity index (χ2n) is 4.64. The number of aromatic nitrogens is 2. The maximum absolute atomic E-state index is 12.2. The average Bonchev–Trinajstić information content (AvgIpc) is 2.97. The van der Waals surface area contributed by atoms with Gasteiger partial charge in [-0.1, -0.05) is 0 Å². The highest BCUT2D eigenvalue weighted by molar-refractivity contribution is 5.83. The summed E-state index contributed by atoms with van der Waals surface area (Å²) in [5, 5.41) is 25.0. The number of aliphatic hydroxyl groups excluding tert-OH is 1. The molecule has 0 aromatic carbocycles. The van der Waals surface area contributed by atoms with E-state index in [9.17, 15) is 14.7 Å². The third kappa shape index (κ3) is 2.84. The highest BCUT2D eigenvalue weighted by Gasteiger charge is 2.40. The Bertz CT molecular complexity index is 461. The Morgan fingerprint density at radius 3 is 2.95 bits per heavy atom. The highest BCUT2D eigenvalue weighted by atomic mass is 16.4. The van der Waals surface area contributed by atoms with Gasteiger partial charge in [0, 0.05) is 31.8 Å². The van der Waals surface area contributed by atoms with Gasteiger partial charge in [-0.3, -0.25) is 5.10 Å². The quantitative estimate of drug-likeness (QED) is 0.683. The fraction of sp³-hybridized carbons (Fsp3) is 0.545. The summed E-state index contributed by atoms with van der Waals surface area (Å²) in [4.78, 5) is 25.8. The van der Waals surface area contributed by atoms with E-state index in [-0.39, 0.29) is 13.0 Å². The van der Waals surface area contributed by atoms with Gasteiger partial charge in [0.25, 0.3) is 0 Å².